The van der Waals surface area contributed by atoms with E-state index in [9.17, 15) is 81.1 Å². The number of aliphatic hydroxyl groups excluding tert-OH is 10. The predicted molar refractivity (Wildman–Crippen MR) is 254 cm³/mol. The zero-order valence-electron chi connectivity index (χ0n) is 39.5. The van der Waals surface area contributed by atoms with Crippen LogP contribution in [0.5, 0.6) is 23.0 Å². The first-order valence-corrected chi connectivity index (χ1v) is 23.4. The van der Waals surface area contributed by atoms with Crippen LogP contribution in [0.4, 0.5) is 0 Å². The molecule has 8 rings (SSSR count). The van der Waals surface area contributed by atoms with Crippen LogP contribution in [0.1, 0.15) is 16.7 Å². The van der Waals surface area contributed by atoms with Gasteiger partial charge in [0.1, 0.15) is 103 Å². The Balaban J connectivity index is 1.09. The zero-order chi connectivity index (χ0) is 54.5. The summed E-state index contributed by atoms with van der Waals surface area (Å²) in [5.74, 6) is -3.88. The van der Waals surface area contributed by atoms with Gasteiger partial charge in [-0.15, -0.1) is 0 Å². The molecule has 16 unspecified atom stereocenters. The second-order valence-electron chi connectivity index (χ2n) is 17.9. The third kappa shape index (κ3) is 12.6. The summed E-state index contributed by atoms with van der Waals surface area (Å²) < 4.78 is 51.3. The SMILES string of the molecule is O=C(C=Cc1ccc(O)c(O)c1)OCC1OC(OC2C(OC3=C(c4ccc(O)cc4)[OH+]C4C=C(O)C=C(OC5OC(CO)C(O)C(O)C5O)C4=C3)OC(COC(=O)C=Cc3ccc(O)cc3)C(O)C2O)C(O)C(O)C1O. The largest absolute Gasteiger partial charge is 0.571 e. The van der Waals surface area contributed by atoms with Crippen molar-refractivity contribution in [3.05, 3.63) is 137 Å². The van der Waals surface area contributed by atoms with Crippen molar-refractivity contribution in [1.29, 1.82) is 0 Å². The molecule has 3 aromatic carbocycles. The Labute approximate surface area is 430 Å². The monoisotopic (exact) mass is 1070 g/mol. The summed E-state index contributed by atoms with van der Waals surface area (Å²) in [5, 5.41) is 148. The third-order valence-corrected chi connectivity index (χ3v) is 12.6. The number of rotatable bonds is 16. The van der Waals surface area contributed by atoms with Crippen molar-refractivity contribution in [1.82, 2.24) is 0 Å². The molecule has 0 radical (unpaired) electrons. The molecular weight excluding hydrogens is 1010 g/mol. The fourth-order valence-electron chi connectivity index (χ4n) is 8.37. The molecule has 0 aromatic heterocycles. The number of aromatic hydroxyl groups is 4. The molecule has 25 nitrogen and oxygen atoms in total. The summed E-state index contributed by atoms with van der Waals surface area (Å²) in [6.07, 6.45) is -20.8. The molecule has 76 heavy (non-hydrogen) atoms. The van der Waals surface area contributed by atoms with Crippen molar-refractivity contribution in [2.24, 2.45) is 0 Å². The van der Waals surface area contributed by atoms with Crippen LogP contribution in [0.3, 0.4) is 0 Å². The van der Waals surface area contributed by atoms with E-state index >= 15 is 0 Å². The van der Waals surface area contributed by atoms with E-state index in [0.29, 0.717) is 11.1 Å². The Morgan fingerprint density at radius 1 is 0.566 bits per heavy atom. The Kier molecular flexibility index (Phi) is 17.3. The van der Waals surface area contributed by atoms with Crippen LogP contribution in [0.25, 0.3) is 17.9 Å². The van der Waals surface area contributed by atoms with Gasteiger partial charge in [-0.1, -0.05) is 18.2 Å². The molecule has 0 spiro atoms. The summed E-state index contributed by atoms with van der Waals surface area (Å²) in [7, 11) is 0. The van der Waals surface area contributed by atoms with E-state index < -0.39 is 147 Å². The zero-order valence-corrected chi connectivity index (χ0v) is 39.5. The quantitative estimate of drug-likeness (QED) is 0.0330. The Morgan fingerprint density at radius 3 is 1.72 bits per heavy atom. The van der Waals surface area contributed by atoms with Crippen molar-refractivity contribution in [3.8, 4) is 23.0 Å². The lowest BCUT2D eigenvalue weighted by Gasteiger charge is -2.46. The highest BCUT2D eigenvalue weighted by Crippen LogP contribution is 2.40. The maximum absolute atomic E-state index is 12.9. The van der Waals surface area contributed by atoms with Gasteiger partial charge in [-0.25, -0.2) is 9.59 Å². The highest BCUT2D eigenvalue weighted by molar-refractivity contribution is 5.87. The molecule has 408 valence electrons. The number of phenols is 4. The summed E-state index contributed by atoms with van der Waals surface area (Å²) in [4.78, 5) is 25.6. The summed E-state index contributed by atoms with van der Waals surface area (Å²) in [6.45, 7) is -2.30. The van der Waals surface area contributed by atoms with Crippen LogP contribution >= 0.6 is 0 Å². The Morgan fingerprint density at radius 2 is 1.11 bits per heavy atom. The maximum atomic E-state index is 12.9. The number of hydrogen-bond acceptors (Lipinski definition) is 24. The van der Waals surface area contributed by atoms with Crippen molar-refractivity contribution in [3.63, 3.8) is 0 Å². The van der Waals surface area contributed by atoms with E-state index in [1.165, 1.54) is 85.0 Å². The topological polar surface area (TPSA) is 404 Å². The smallest absolute Gasteiger partial charge is 0.330 e. The first-order chi connectivity index (χ1) is 36.3. The lowest BCUT2D eigenvalue weighted by molar-refractivity contribution is -0.363. The van der Waals surface area contributed by atoms with Gasteiger partial charge in [-0.2, -0.15) is 0 Å². The van der Waals surface area contributed by atoms with Crippen molar-refractivity contribution in [2.75, 3.05) is 19.8 Å². The van der Waals surface area contributed by atoms with Crippen molar-refractivity contribution < 1.29 is 124 Å². The fourth-order valence-corrected chi connectivity index (χ4v) is 8.37. The van der Waals surface area contributed by atoms with Gasteiger partial charge in [0.2, 0.25) is 24.4 Å². The molecule has 0 bridgehead atoms. The van der Waals surface area contributed by atoms with E-state index in [2.05, 4.69) is 0 Å². The van der Waals surface area contributed by atoms with Crippen LogP contribution in [0.2, 0.25) is 0 Å². The van der Waals surface area contributed by atoms with E-state index in [1.807, 2.05) is 0 Å². The van der Waals surface area contributed by atoms with Crippen LogP contribution < -0.4 is 0 Å². The molecule has 5 aliphatic rings. The number of aliphatic hydroxyl groups is 12. The average Bonchev–Trinajstić information content (AvgIpc) is 3.41. The number of esters is 2. The Bertz CT molecular complexity index is 2730. The molecule has 4 aliphatic heterocycles. The highest BCUT2D eigenvalue weighted by atomic mass is 16.8. The molecule has 1 aliphatic carbocycles. The minimum Gasteiger partial charge on any atom is -0.571 e. The first kappa shape index (κ1) is 55.2. The number of hydrogen-bond donors (Lipinski definition) is 14. The van der Waals surface area contributed by atoms with Gasteiger partial charge in [0.25, 0.3) is 0 Å². The van der Waals surface area contributed by atoms with Crippen LogP contribution in [-0.4, -0.2) is 206 Å². The molecule has 4 heterocycles. The summed E-state index contributed by atoms with van der Waals surface area (Å²) >= 11 is 0. The molecule has 0 saturated carbocycles. The van der Waals surface area contributed by atoms with Crippen molar-refractivity contribution in [2.45, 2.75) is 98.2 Å². The first-order valence-electron chi connectivity index (χ1n) is 23.4. The van der Waals surface area contributed by atoms with Gasteiger partial charge in [0.15, 0.2) is 23.9 Å². The summed E-state index contributed by atoms with van der Waals surface area (Å²) in [6, 6.07) is 15.0. The number of phenolic OH excluding ortho intramolecular Hbond substituents is 4. The number of fused-ring (bicyclic) bond motifs is 1. The molecule has 3 aromatic rings. The molecule has 3 saturated heterocycles. The molecule has 16 atom stereocenters. The normalized spacial score (nSPS) is 32.6. The number of allylic oxidation sites excluding steroid dienone is 2. The standard InChI is InChI=1S/C51H54O25/c52-19-34-39(60)42(63)45(66)49(73-34)71-32-17-27(55)16-31-28(32)18-33(47(70-31)24-6-10-26(54)11-7-24)72-51-48(44(65)41(62)36(75-51)21-69-37(58)13-4-22-1-8-25(53)9-2-22)76-50-46(67)43(64)40(61)35(74-50)20-68-38(59)14-5-23-3-12-29(56)30(57)15-23/h1-18,31,34-36,39-46,48-57,60-67H,19-21H2/p+1. The third-order valence-electron chi connectivity index (χ3n) is 12.6. The molecule has 3 fully saturated rings. The van der Waals surface area contributed by atoms with Gasteiger partial charge >= 0.3 is 17.7 Å². The van der Waals surface area contributed by atoms with E-state index in [0.717, 1.165) is 24.3 Å². The van der Waals surface area contributed by atoms with Gasteiger partial charge in [0, 0.05) is 24.3 Å². The minimum absolute atomic E-state index is 0.0166. The molecular formula is C51H55O25+. The van der Waals surface area contributed by atoms with Crippen LogP contribution in [0, 0.1) is 0 Å². The van der Waals surface area contributed by atoms with Crippen LogP contribution in [-0.2, 0) is 47.5 Å². The number of benzene rings is 3. The minimum atomic E-state index is -2.11. The van der Waals surface area contributed by atoms with Gasteiger partial charge < -0.3 is 114 Å². The fraction of sp³-hybridized carbons (Fsp3) is 0.373. The van der Waals surface area contributed by atoms with E-state index in [-0.39, 0.29) is 39.9 Å². The number of ether oxygens (including phenoxy) is 9. The van der Waals surface area contributed by atoms with Crippen molar-refractivity contribution >= 4 is 29.8 Å². The average molecular weight is 1070 g/mol. The van der Waals surface area contributed by atoms with Gasteiger partial charge in [0.05, 0.1) is 23.8 Å². The summed E-state index contributed by atoms with van der Waals surface area (Å²) in [5.41, 5.74) is 1.14. The lowest BCUT2D eigenvalue weighted by Crippen LogP contribution is -2.64. The van der Waals surface area contributed by atoms with Gasteiger partial charge in [-0.05, 0) is 71.8 Å². The molecule has 0 amide bonds. The predicted octanol–water partition coefficient (Wildman–Crippen LogP) is -1.66. The maximum Gasteiger partial charge on any atom is 0.330 e. The lowest BCUT2D eigenvalue weighted by atomic mass is 9.96. The second kappa shape index (κ2) is 23.9. The Hall–Kier alpha value is -7.08. The van der Waals surface area contributed by atoms with E-state index in [4.69, 9.17) is 42.6 Å². The van der Waals surface area contributed by atoms with E-state index in [1.54, 1.807) is 0 Å². The number of carbonyl (C=O) groups excluding carboxylic acids is 2. The molecule has 15 N–H and O–H groups in total. The highest BCUT2D eigenvalue weighted by Gasteiger charge is 2.53. The second-order valence-corrected chi connectivity index (χ2v) is 17.9. The van der Waals surface area contributed by atoms with Gasteiger partial charge in [-0.3, -0.25) is 0 Å². The van der Waals surface area contributed by atoms with Crippen LogP contribution in [0.15, 0.2) is 120 Å². The molecule has 25 heteroatoms. The number of carbonyl (C=O) groups is 2.